The van der Waals surface area contributed by atoms with Crippen LogP contribution in [-0.4, -0.2) is 44.0 Å². The Morgan fingerprint density at radius 2 is 2.15 bits per heavy atom. The zero-order chi connectivity index (χ0) is 9.26. The SMILES string of the molecule is CN(C)[C@@H]1C[C@@H]1OC1CCCCO1. The summed E-state index contributed by atoms with van der Waals surface area (Å²) in [7, 11) is 4.21. The molecule has 1 heterocycles. The summed E-state index contributed by atoms with van der Waals surface area (Å²) in [5.41, 5.74) is 0. The molecule has 2 aliphatic rings. The zero-order valence-corrected chi connectivity index (χ0v) is 8.53. The Kier molecular flexibility index (Phi) is 2.86. The predicted molar refractivity (Wildman–Crippen MR) is 50.6 cm³/mol. The summed E-state index contributed by atoms with van der Waals surface area (Å²) in [6.45, 7) is 0.879. The van der Waals surface area contributed by atoms with Crippen molar-refractivity contribution in [2.75, 3.05) is 20.7 Å². The van der Waals surface area contributed by atoms with Gasteiger partial charge in [-0.05, 0) is 39.8 Å². The van der Waals surface area contributed by atoms with E-state index < -0.39 is 0 Å². The summed E-state index contributed by atoms with van der Waals surface area (Å²) < 4.78 is 11.3. The van der Waals surface area contributed by atoms with E-state index in [-0.39, 0.29) is 6.29 Å². The third-order valence-electron chi connectivity index (χ3n) is 2.83. The van der Waals surface area contributed by atoms with Crippen molar-refractivity contribution in [3.05, 3.63) is 0 Å². The number of hydrogen-bond donors (Lipinski definition) is 0. The molecule has 13 heavy (non-hydrogen) atoms. The van der Waals surface area contributed by atoms with E-state index in [9.17, 15) is 0 Å². The molecule has 1 saturated heterocycles. The summed E-state index contributed by atoms with van der Waals surface area (Å²) in [6, 6.07) is 0.630. The van der Waals surface area contributed by atoms with Gasteiger partial charge in [0.2, 0.25) is 0 Å². The van der Waals surface area contributed by atoms with Gasteiger partial charge in [0.15, 0.2) is 6.29 Å². The lowest BCUT2D eigenvalue weighted by molar-refractivity contribution is -0.171. The lowest BCUT2D eigenvalue weighted by Crippen LogP contribution is -2.26. The molecule has 3 atom stereocenters. The second kappa shape index (κ2) is 3.95. The summed E-state index contributed by atoms with van der Waals surface area (Å²) >= 11 is 0. The first-order valence-electron chi connectivity index (χ1n) is 5.21. The molecule has 0 N–H and O–H groups in total. The van der Waals surface area contributed by atoms with Crippen molar-refractivity contribution in [3.8, 4) is 0 Å². The van der Waals surface area contributed by atoms with Crippen molar-refractivity contribution in [2.24, 2.45) is 0 Å². The van der Waals surface area contributed by atoms with Crippen LogP contribution in [0.1, 0.15) is 25.7 Å². The quantitative estimate of drug-likeness (QED) is 0.660. The second-order valence-electron chi connectivity index (χ2n) is 4.24. The molecular formula is C10H19NO2. The van der Waals surface area contributed by atoms with Crippen molar-refractivity contribution in [1.82, 2.24) is 4.90 Å². The van der Waals surface area contributed by atoms with Crippen molar-refractivity contribution in [3.63, 3.8) is 0 Å². The fourth-order valence-electron chi connectivity index (χ4n) is 1.86. The Bertz CT molecular complexity index is 166. The van der Waals surface area contributed by atoms with Crippen LogP contribution in [0.2, 0.25) is 0 Å². The molecule has 1 unspecified atom stereocenters. The summed E-state index contributed by atoms with van der Waals surface area (Å²) in [4.78, 5) is 2.23. The molecule has 0 amide bonds. The number of rotatable bonds is 3. The molecule has 0 bridgehead atoms. The Balaban J connectivity index is 1.68. The molecule has 1 aliphatic heterocycles. The Morgan fingerprint density at radius 3 is 2.69 bits per heavy atom. The predicted octanol–water partition coefficient (Wildman–Crippen LogP) is 1.23. The first kappa shape index (κ1) is 9.44. The van der Waals surface area contributed by atoms with E-state index in [0.717, 1.165) is 13.0 Å². The van der Waals surface area contributed by atoms with Crippen molar-refractivity contribution >= 4 is 0 Å². The van der Waals surface area contributed by atoms with E-state index in [0.29, 0.717) is 12.1 Å². The van der Waals surface area contributed by atoms with Gasteiger partial charge in [-0.3, -0.25) is 0 Å². The summed E-state index contributed by atoms with van der Waals surface area (Å²) in [6.07, 6.45) is 5.22. The van der Waals surface area contributed by atoms with Gasteiger partial charge < -0.3 is 14.4 Å². The van der Waals surface area contributed by atoms with Crippen LogP contribution >= 0.6 is 0 Å². The van der Waals surface area contributed by atoms with Crippen LogP contribution in [0.4, 0.5) is 0 Å². The fraction of sp³-hybridized carbons (Fsp3) is 1.00. The smallest absolute Gasteiger partial charge is 0.158 e. The standard InChI is InChI=1S/C10H19NO2/c1-11(2)8-7-9(8)13-10-5-3-4-6-12-10/h8-10H,3-7H2,1-2H3/t8-,9+,10?/m1/s1. The summed E-state index contributed by atoms with van der Waals surface area (Å²) in [5, 5.41) is 0. The van der Waals surface area contributed by atoms with E-state index in [1.807, 2.05) is 0 Å². The molecule has 1 aliphatic carbocycles. The first-order chi connectivity index (χ1) is 6.27. The molecule has 0 aromatic heterocycles. The molecule has 3 nitrogen and oxygen atoms in total. The normalized spacial score (nSPS) is 39.5. The van der Waals surface area contributed by atoms with Crippen LogP contribution in [-0.2, 0) is 9.47 Å². The highest BCUT2D eigenvalue weighted by Gasteiger charge is 2.41. The highest BCUT2D eigenvalue weighted by atomic mass is 16.7. The van der Waals surface area contributed by atoms with Crippen molar-refractivity contribution < 1.29 is 9.47 Å². The topological polar surface area (TPSA) is 21.7 Å². The number of hydrogen-bond acceptors (Lipinski definition) is 3. The van der Waals surface area contributed by atoms with Crippen LogP contribution in [0.15, 0.2) is 0 Å². The molecule has 76 valence electrons. The lowest BCUT2D eigenvalue weighted by Gasteiger charge is -2.23. The van der Waals surface area contributed by atoms with E-state index in [1.165, 1.54) is 19.3 Å². The van der Waals surface area contributed by atoms with Gasteiger partial charge in [0.1, 0.15) is 0 Å². The maximum Gasteiger partial charge on any atom is 0.158 e. The minimum absolute atomic E-state index is 0.0868. The molecule has 0 aromatic carbocycles. The number of likely N-dealkylation sites (N-methyl/N-ethyl adjacent to an activating group) is 1. The highest BCUT2D eigenvalue weighted by molar-refractivity contribution is 4.95. The highest BCUT2D eigenvalue weighted by Crippen LogP contribution is 2.32. The van der Waals surface area contributed by atoms with Gasteiger partial charge in [0.05, 0.1) is 6.10 Å². The van der Waals surface area contributed by atoms with Crippen LogP contribution in [0.5, 0.6) is 0 Å². The van der Waals surface area contributed by atoms with Gasteiger partial charge in [-0.25, -0.2) is 0 Å². The van der Waals surface area contributed by atoms with Crippen LogP contribution in [0.3, 0.4) is 0 Å². The number of nitrogens with zero attached hydrogens (tertiary/aromatic N) is 1. The molecule has 0 radical (unpaired) electrons. The van der Waals surface area contributed by atoms with Crippen LogP contribution in [0, 0.1) is 0 Å². The zero-order valence-electron chi connectivity index (χ0n) is 8.53. The third-order valence-corrected chi connectivity index (χ3v) is 2.83. The maximum absolute atomic E-state index is 5.81. The van der Waals surface area contributed by atoms with Gasteiger partial charge in [0.25, 0.3) is 0 Å². The van der Waals surface area contributed by atoms with E-state index in [1.54, 1.807) is 0 Å². The van der Waals surface area contributed by atoms with Crippen LogP contribution < -0.4 is 0 Å². The Hall–Kier alpha value is -0.120. The van der Waals surface area contributed by atoms with Crippen molar-refractivity contribution in [1.29, 1.82) is 0 Å². The molecule has 2 fully saturated rings. The Morgan fingerprint density at radius 1 is 1.31 bits per heavy atom. The first-order valence-corrected chi connectivity index (χ1v) is 5.21. The molecular weight excluding hydrogens is 166 g/mol. The Labute approximate surface area is 80.0 Å². The largest absolute Gasteiger partial charge is 0.353 e. The van der Waals surface area contributed by atoms with Crippen molar-refractivity contribution in [2.45, 2.75) is 44.1 Å². The molecule has 0 aromatic rings. The molecule has 3 heteroatoms. The van der Waals surface area contributed by atoms with E-state index >= 15 is 0 Å². The van der Waals surface area contributed by atoms with E-state index in [2.05, 4.69) is 19.0 Å². The van der Waals surface area contributed by atoms with Gasteiger partial charge >= 0.3 is 0 Å². The molecule has 1 saturated carbocycles. The maximum atomic E-state index is 5.81. The average Bonchev–Trinajstić information content (AvgIpc) is 2.86. The van der Waals surface area contributed by atoms with Gasteiger partial charge in [-0.1, -0.05) is 0 Å². The average molecular weight is 185 g/mol. The molecule has 0 spiro atoms. The lowest BCUT2D eigenvalue weighted by atomic mass is 10.2. The monoisotopic (exact) mass is 185 g/mol. The second-order valence-corrected chi connectivity index (χ2v) is 4.24. The number of ether oxygens (including phenoxy) is 2. The minimum atomic E-state index is 0.0868. The summed E-state index contributed by atoms with van der Waals surface area (Å²) in [5.74, 6) is 0. The van der Waals surface area contributed by atoms with Gasteiger partial charge in [-0.2, -0.15) is 0 Å². The van der Waals surface area contributed by atoms with Crippen LogP contribution in [0.25, 0.3) is 0 Å². The minimum Gasteiger partial charge on any atom is -0.353 e. The fourth-order valence-corrected chi connectivity index (χ4v) is 1.86. The van der Waals surface area contributed by atoms with E-state index in [4.69, 9.17) is 9.47 Å². The van der Waals surface area contributed by atoms with Gasteiger partial charge in [-0.15, -0.1) is 0 Å². The molecule has 2 rings (SSSR count). The third kappa shape index (κ3) is 2.42. The van der Waals surface area contributed by atoms with Gasteiger partial charge in [0, 0.05) is 12.6 Å².